The summed E-state index contributed by atoms with van der Waals surface area (Å²) in [6.45, 7) is 4.67. The molecule has 0 bridgehead atoms. The van der Waals surface area contributed by atoms with Gasteiger partial charge in [0, 0.05) is 7.11 Å². The summed E-state index contributed by atoms with van der Waals surface area (Å²) in [5, 5.41) is 3.19. The third kappa shape index (κ3) is 4.40. The number of carbonyl (C=O) groups is 1. The van der Waals surface area contributed by atoms with Crippen molar-refractivity contribution in [1.82, 2.24) is 4.98 Å². The summed E-state index contributed by atoms with van der Waals surface area (Å²) in [5.74, 6) is 0.145. The van der Waals surface area contributed by atoms with E-state index in [2.05, 4.69) is 10.3 Å². The number of aromatic nitrogens is 1. The predicted octanol–water partition coefficient (Wildman–Crippen LogP) is 1.68. The lowest BCUT2D eigenvalue weighted by Gasteiger charge is -2.17. The van der Waals surface area contributed by atoms with Crippen LogP contribution in [0.25, 0.3) is 0 Å². The van der Waals surface area contributed by atoms with E-state index in [9.17, 15) is 4.79 Å². The van der Waals surface area contributed by atoms with Gasteiger partial charge in [-0.05, 0) is 19.4 Å². The molecule has 1 atom stereocenters. The molecule has 0 saturated carbocycles. The lowest BCUT2D eigenvalue weighted by Crippen LogP contribution is -2.24. The summed E-state index contributed by atoms with van der Waals surface area (Å²) < 4.78 is 10.0. The van der Waals surface area contributed by atoms with Crippen molar-refractivity contribution in [1.29, 1.82) is 0 Å². The highest BCUT2D eigenvalue weighted by Gasteiger charge is 2.14. The molecule has 1 unspecified atom stereocenters. The summed E-state index contributed by atoms with van der Waals surface area (Å²) >= 11 is 0. The van der Waals surface area contributed by atoms with Crippen molar-refractivity contribution in [3.63, 3.8) is 0 Å². The van der Waals surface area contributed by atoms with E-state index in [0.717, 1.165) is 6.42 Å². The SMILES string of the molecule is CCOC(=O)c1cc(NC(CC)COC)ncc1N. The Kier molecular flexibility index (Phi) is 6.08. The minimum atomic E-state index is -0.440. The average molecular weight is 267 g/mol. The molecule has 1 aromatic rings. The fourth-order valence-corrected chi connectivity index (χ4v) is 1.60. The molecule has 0 aliphatic carbocycles. The van der Waals surface area contributed by atoms with Crippen LogP contribution in [-0.4, -0.2) is 37.3 Å². The fraction of sp³-hybridized carbons (Fsp3) is 0.538. The first-order valence-electron chi connectivity index (χ1n) is 6.30. The molecule has 0 amide bonds. The number of nitrogens with one attached hydrogen (secondary N) is 1. The van der Waals surface area contributed by atoms with Gasteiger partial charge in [0.05, 0.1) is 36.7 Å². The number of pyridine rings is 1. The van der Waals surface area contributed by atoms with Gasteiger partial charge in [-0.15, -0.1) is 0 Å². The Morgan fingerprint density at radius 2 is 2.26 bits per heavy atom. The summed E-state index contributed by atoms with van der Waals surface area (Å²) in [7, 11) is 1.64. The molecule has 0 radical (unpaired) electrons. The van der Waals surface area contributed by atoms with Crippen molar-refractivity contribution in [2.75, 3.05) is 31.4 Å². The number of carbonyl (C=O) groups excluding carboxylic acids is 1. The summed E-state index contributed by atoms with van der Waals surface area (Å²) in [5.41, 5.74) is 6.36. The molecule has 0 aliphatic heterocycles. The van der Waals surface area contributed by atoms with E-state index in [1.165, 1.54) is 6.20 Å². The van der Waals surface area contributed by atoms with Crippen LogP contribution in [-0.2, 0) is 9.47 Å². The molecule has 0 fully saturated rings. The predicted molar refractivity (Wildman–Crippen MR) is 74.2 cm³/mol. The smallest absolute Gasteiger partial charge is 0.340 e. The van der Waals surface area contributed by atoms with Crippen LogP contribution < -0.4 is 11.1 Å². The second-order valence-electron chi connectivity index (χ2n) is 4.08. The molecule has 1 rings (SSSR count). The average Bonchev–Trinajstić information content (AvgIpc) is 2.40. The quantitative estimate of drug-likeness (QED) is 0.731. The van der Waals surface area contributed by atoms with Crippen LogP contribution in [0.2, 0.25) is 0 Å². The van der Waals surface area contributed by atoms with E-state index < -0.39 is 5.97 Å². The Morgan fingerprint density at radius 1 is 1.53 bits per heavy atom. The Bertz CT molecular complexity index is 424. The standard InChI is InChI=1S/C13H21N3O3/c1-4-9(8-18-3)16-12-6-10(11(14)7-15-12)13(17)19-5-2/h6-7,9H,4-5,8,14H2,1-3H3,(H,15,16). The molecule has 19 heavy (non-hydrogen) atoms. The van der Waals surface area contributed by atoms with Crippen molar-refractivity contribution in [3.8, 4) is 0 Å². The Morgan fingerprint density at radius 3 is 2.84 bits per heavy atom. The molecule has 106 valence electrons. The first-order valence-corrected chi connectivity index (χ1v) is 6.30. The maximum absolute atomic E-state index is 11.7. The van der Waals surface area contributed by atoms with E-state index in [1.807, 2.05) is 6.92 Å². The van der Waals surface area contributed by atoms with Crippen LogP contribution in [0.15, 0.2) is 12.3 Å². The number of ether oxygens (including phenoxy) is 2. The zero-order chi connectivity index (χ0) is 14.3. The molecule has 0 saturated heterocycles. The highest BCUT2D eigenvalue weighted by Crippen LogP contribution is 2.17. The van der Waals surface area contributed by atoms with Crippen LogP contribution in [0.5, 0.6) is 0 Å². The third-order valence-corrected chi connectivity index (χ3v) is 2.64. The molecule has 0 aliphatic rings. The van der Waals surface area contributed by atoms with Crippen molar-refractivity contribution in [2.45, 2.75) is 26.3 Å². The highest BCUT2D eigenvalue weighted by molar-refractivity contribution is 5.95. The number of nitrogen functional groups attached to an aromatic ring is 1. The number of nitrogens with two attached hydrogens (primary N) is 1. The first-order chi connectivity index (χ1) is 9.12. The van der Waals surface area contributed by atoms with E-state index >= 15 is 0 Å². The number of anilines is 2. The van der Waals surface area contributed by atoms with Gasteiger partial charge in [0.2, 0.25) is 0 Å². The van der Waals surface area contributed by atoms with Crippen LogP contribution >= 0.6 is 0 Å². The summed E-state index contributed by atoms with van der Waals surface area (Å²) in [6, 6.07) is 1.74. The van der Waals surface area contributed by atoms with Crippen LogP contribution in [0.3, 0.4) is 0 Å². The zero-order valence-electron chi connectivity index (χ0n) is 11.6. The van der Waals surface area contributed by atoms with Gasteiger partial charge in [-0.25, -0.2) is 9.78 Å². The van der Waals surface area contributed by atoms with E-state index in [-0.39, 0.29) is 6.04 Å². The number of hydrogen-bond donors (Lipinski definition) is 2. The Labute approximate surface area is 113 Å². The van der Waals surface area contributed by atoms with Gasteiger partial charge in [0.1, 0.15) is 5.82 Å². The summed E-state index contributed by atoms with van der Waals surface area (Å²) in [4.78, 5) is 15.9. The third-order valence-electron chi connectivity index (χ3n) is 2.64. The molecule has 0 aromatic carbocycles. The van der Waals surface area contributed by atoms with E-state index in [4.69, 9.17) is 15.2 Å². The number of methoxy groups -OCH3 is 1. The number of esters is 1. The summed E-state index contributed by atoms with van der Waals surface area (Å²) in [6.07, 6.45) is 2.34. The zero-order valence-corrected chi connectivity index (χ0v) is 11.6. The second-order valence-corrected chi connectivity index (χ2v) is 4.08. The first kappa shape index (κ1) is 15.2. The van der Waals surface area contributed by atoms with Gasteiger partial charge >= 0.3 is 5.97 Å². The minimum Gasteiger partial charge on any atom is -0.462 e. The fourth-order valence-electron chi connectivity index (χ4n) is 1.60. The van der Waals surface area contributed by atoms with Crippen molar-refractivity contribution in [3.05, 3.63) is 17.8 Å². The lowest BCUT2D eigenvalue weighted by molar-refractivity contribution is 0.0527. The minimum absolute atomic E-state index is 0.135. The normalized spacial score (nSPS) is 11.9. The molecule has 0 spiro atoms. The van der Waals surface area contributed by atoms with Gasteiger partial charge in [0.25, 0.3) is 0 Å². The number of nitrogens with zero attached hydrogens (tertiary/aromatic N) is 1. The van der Waals surface area contributed by atoms with Gasteiger partial charge in [-0.2, -0.15) is 0 Å². The molecular formula is C13H21N3O3. The molecule has 6 heteroatoms. The van der Waals surface area contributed by atoms with Crippen molar-refractivity contribution >= 4 is 17.5 Å². The van der Waals surface area contributed by atoms with Crippen LogP contribution in [0.4, 0.5) is 11.5 Å². The molecule has 3 N–H and O–H groups in total. The molecule has 1 aromatic heterocycles. The monoisotopic (exact) mass is 267 g/mol. The second kappa shape index (κ2) is 7.58. The maximum Gasteiger partial charge on any atom is 0.340 e. The van der Waals surface area contributed by atoms with E-state index in [1.54, 1.807) is 20.1 Å². The van der Waals surface area contributed by atoms with Crippen molar-refractivity contribution in [2.24, 2.45) is 0 Å². The Hall–Kier alpha value is -1.82. The van der Waals surface area contributed by atoms with Gasteiger partial charge < -0.3 is 20.5 Å². The highest BCUT2D eigenvalue weighted by atomic mass is 16.5. The number of hydrogen-bond acceptors (Lipinski definition) is 6. The largest absolute Gasteiger partial charge is 0.462 e. The van der Waals surface area contributed by atoms with E-state index in [0.29, 0.717) is 30.3 Å². The van der Waals surface area contributed by atoms with Gasteiger partial charge in [-0.3, -0.25) is 0 Å². The number of rotatable bonds is 7. The topological polar surface area (TPSA) is 86.5 Å². The maximum atomic E-state index is 11.7. The van der Waals surface area contributed by atoms with Crippen LogP contribution in [0.1, 0.15) is 30.6 Å². The van der Waals surface area contributed by atoms with Gasteiger partial charge in [0.15, 0.2) is 0 Å². The lowest BCUT2D eigenvalue weighted by atomic mass is 10.2. The van der Waals surface area contributed by atoms with Gasteiger partial charge in [-0.1, -0.05) is 6.92 Å². The van der Waals surface area contributed by atoms with Crippen LogP contribution in [0, 0.1) is 0 Å². The van der Waals surface area contributed by atoms with Crippen molar-refractivity contribution < 1.29 is 14.3 Å². The molecular weight excluding hydrogens is 246 g/mol. The Balaban J connectivity index is 2.86. The molecule has 1 heterocycles. The molecule has 6 nitrogen and oxygen atoms in total.